The Morgan fingerprint density at radius 2 is 1.94 bits per heavy atom. The average molecular weight is 258 g/mol. The smallest absolute Gasteiger partial charge is 0.298 e. The topological polar surface area (TPSA) is 96.1 Å². The Hall–Kier alpha value is -1.41. The molecule has 0 aliphatic carbocycles. The van der Waals surface area contributed by atoms with Crippen molar-refractivity contribution in [2.75, 3.05) is 33.2 Å². The standard InChI is InChI=1S/C9H14N4O3S/c1-12-2-4-13(5-3-12)9(14)7-6-11-17(15,16)8(7)10/h6H,2-5,10H2,1H3. The molecular weight excluding hydrogens is 244 g/mol. The van der Waals surface area contributed by atoms with E-state index < -0.39 is 15.1 Å². The lowest BCUT2D eigenvalue weighted by molar-refractivity contribution is -0.128. The number of piperazine rings is 1. The normalized spacial score (nSPS) is 24.4. The van der Waals surface area contributed by atoms with Crippen molar-refractivity contribution < 1.29 is 13.2 Å². The molecule has 0 unspecified atom stereocenters. The van der Waals surface area contributed by atoms with E-state index in [1.807, 2.05) is 7.05 Å². The van der Waals surface area contributed by atoms with Gasteiger partial charge < -0.3 is 15.5 Å². The van der Waals surface area contributed by atoms with Crippen LogP contribution in [0.1, 0.15) is 0 Å². The zero-order chi connectivity index (χ0) is 12.6. The summed E-state index contributed by atoms with van der Waals surface area (Å²) in [5.41, 5.74) is 5.38. The minimum atomic E-state index is -3.80. The van der Waals surface area contributed by atoms with Crippen LogP contribution in [0, 0.1) is 0 Å². The zero-order valence-electron chi connectivity index (χ0n) is 9.46. The third-order valence-corrected chi connectivity index (χ3v) is 4.04. The highest BCUT2D eigenvalue weighted by atomic mass is 32.2. The minimum absolute atomic E-state index is 0.0189. The maximum atomic E-state index is 12.0. The second kappa shape index (κ2) is 4.11. The van der Waals surface area contributed by atoms with Crippen LogP contribution < -0.4 is 5.73 Å². The van der Waals surface area contributed by atoms with Crippen LogP contribution in [0.25, 0.3) is 0 Å². The first-order valence-electron chi connectivity index (χ1n) is 5.20. The van der Waals surface area contributed by atoms with Gasteiger partial charge in [-0.25, -0.2) is 0 Å². The Morgan fingerprint density at radius 3 is 2.41 bits per heavy atom. The summed E-state index contributed by atoms with van der Waals surface area (Å²) in [5.74, 6) is -0.361. The summed E-state index contributed by atoms with van der Waals surface area (Å²) in [6, 6.07) is 0. The number of hydrogen-bond acceptors (Lipinski definition) is 5. The maximum absolute atomic E-state index is 12.0. The van der Waals surface area contributed by atoms with Crippen molar-refractivity contribution in [3.8, 4) is 0 Å². The molecule has 1 fully saturated rings. The fourth-order valence-corrected chi connectivity index (χ4v) is 2.50. The molecule has 7 nitrogen and oxygen atoms in total. The molecule has 1 saturated heterocycles. The van der Waals surface area contributed by atoms with Gasteiger partial charge in [-0.2, -0.15) is 12.8 Å². The molecule has 8 heteroatoms. The van der Waals surface area contributed by atoms with Gasteiger partial charge in [-0.1, -0.05) is 0 Å². The van der Waals surface area contributed by atoms with Crippen LogP contribution in [0.15, 0.2) is 15.0 Å². The Morgan fingerprint density at radius 1 is 1.35 bits per heavy atom. The molecule has 0 aromatic rings. The van der Waals surface area contributed by atoms with Crippen molar-refractivity contribution in [1.82, 2.24) is 9.80 Å². The number of amides is 1. The summed E-state index contributed by atoms with van der Waals surface area (Å²) in [4.78, 5) is 15.7. The van der Waals surface area contributed by atoms with Crippen molar-refractivity contribution in [2.24, 2.45) is 10.1 Å². The Kier molecular flexibility index (Phi) is 2.92. The Labute approximate surface area is 99.6 Å². The van der Waals surface area contributed by atoms with Crippen LogP contribution in [-0.4, -0.2) is 63.6 Å². The van der Waals surface area contributed by atoms with Gasteiger partial charge in [0, 0.05) is 26.2 Å². The fourth-order valence-electron chi connectivity index (χ4n) is 1.72. The molecule has 2 aliphatic heterocycles. The summed E-state index contributed by atoms with van der Waals surface area (Å²) in [7, 11) is -1.83. The number of sulfonamides is 1. The Balaban J connectivity index is 2.17. The monoisotopic (exact) mass is 258 g/mol. The molecule has 2 rings (SSSR count). The van der Waals surface area contributed by atoms with Crippen LogP contribution in [-0.2, 0) is 14.8 Å². The van der Waals surface area contributed by atoms with E-state index in [-0.39, 0.29) is 11.5 Å². The zero-order valence-corrected chi connectivity index (χ0v) is 10.3. The molecule has 0 spiro atoms. The first-order chi connectivity index (χ1) is 7.92. The number of rotatable bonds is 1. The second-order valence-electron chi connectivity index (χ2n) is 4.08. The molecule has 2 N–H and O–H groups in total. The van der Waals surface area contributed by atoms with Crippen molar-refractivity contribution in [3.05, 3.63) is 10.6 Å². The predicted octanol–water partition coefficient (Wildman–Crippen LogP) is -1.66. The number of likely N-dealkylation sites (N-methyl/N-ethyl adjacent to an activating group) is 1. The van der Waals surface area contributed by atoms with Crippen molar-refractivity contribution >= 4 is 22.1 Å². The molecule has 0 bridgehead atoms. The van der Waals surface area contributed by atoms with E-state index in [0.29, 0.717) is 13.1 Å². The van der Waals surface area contributed by atoms with E-state index >= 15 is 0 Å². The number of carbonyl (C=O) groups is 1. The number of nitrogens with zero attached hydrogens (tertiary/aromatic N) is 3. The molecule has 0 aromatic carbocycles. The molecule has 2 aliphatic rings. The predicted molar refractivity (Wildman–Crippen MR) is 62.7 cm³/mol. The van der Waals surface area contributed by atoms with E-state index in [1.165, 1.54) is 0 Å². The molecule has 0 aromatic heterocycles. The van der Waals surface area contributed by atoms with Gasteiger partial charge in [-0.3, -0.25) is 4.79 Å². The molecule has 94 valence electrons. The maximum Gasteiger partial charge on any atom is 0.298 e. The van der Waals surface area contributed by atoms with Gasteiger partial charge in [0.1, 0.15) is 0 Å². The van der Waals surface area contributed by atoms with Crippen LogP contribution in [0.4, 0.5) is 0 Å². The second-order valence-corrected chi connectivity index (χ2v) is 5.68. The summed E-state index contributed by atoms with van der Waals surface area (Å²) < 4.78 is 25.8. The molecule has 2 heterocycles. The van der Waals surface area contributed by atoms with E-state index in [9.17, 15) is 13.2 Å². The molecule has 0 atom stereocenters. The highest BCUT2D eigenvalue weighted by Gasteiger charge is 2.31. The molecule has 0 saturated carbocycles. The van der Waals surface area contributed by atoms with Gasteiger partial charge in [0.2, 0.25) is 0 Å². The van der Waals surface area contributed by atoms with Crippen LogP contribution in [0.3, 0.4) is 0 Å². The molecule has 0 radical (unpaired) electrons. The Bertz CT molecular complexity index is 500. The van der Waals surface area contributed by atoms with Crippen LogP contribution in [0.2, 0.25) is 0 Å². The van der Waals surface area contributed by atoms with Gasteiger partial charge in [0.25, 0.3) is 15.9 Å². The lowest BCUT2D eigenvalue weighted by atomic mass is 10.2. The summed E-state index contributed by atoms with van der Waals surface area (Å²) in [5, 5.41) is -0.443. The third-order valence-electron chi connectivity index (χ3n) is 2.88. The van der Waals surface area contributed by atoms with E-state index in [1.54, 1.807) is 4.90 Å². The SMILES string of the molecule is CN1CCN(C(=O)C2=C(N)S(=O)(=O)N=C2)CC1. The molecule has 17 heavy (non-hydrogen) atoms. The van der Waals surface area contributed by atoms with E-state index in [2.05, 4.69) is 9.30 Å². The third kappa shape index (κ3) is 2.18. The fraction of sp³-hybridized carbons (Fsp3) is 0.556. The van der Waals surface area contributed by atoms with Gasteiger partial charge in [-0.05, 0) is 7.05 Å². The van der Waals surface area contributed by atoms with Gasteiger partial charge in [0.05, 0.1) is 11.8 Å². The number of hydrogen-bond donors (Lipinski definition) is 1. The summed E-state index contributed by atoms with van der Waals surface area (Å²) >= 11 is 0. The quantitative estimate of drug-likeness (QED) is 0.607. The van der Waals surface area contributed by atoms with E-state index in [4.69, 9.17) is 5.73 Å². The summed E-state index contributed by atoms with van der Waals surface area (Å²) in [6.07, 6.45) is 1.03. The van der Waals surface area contributed by atoms with Crippen LogP contribution >= 0.6 is 0 Å². The van der Waals surface area contributed by atoms with Crippen LogP contribution in [0.5, 0.6) is 0 Å². The minimum Gasteiger partial charge on any atom is -0.387 e. The van der Waals surface area contributed by atoms with Gasteiger partial charge in [0.15, 0.2) is 5.03 Å². The van der Waals surface area contributed by atoms with Gasteiger partial charge in [-0.15, -0.1) is 0 Å². The van der Waals surface area contributed by atoms with Gasteiger partial charge >= 0.3 is 0 Å². The number of nitrogens with two attached hydrogens (primary N) is 1. The number of carbonyl (C=O) groups excluding carboxylic acids is 1. The first-order valence-corrected chi connectivity index (χ1v) is 6.64. The van der Waals surface area contributed by atoms with Crippen molar-refractivity contribution in [3.63, 3.8) is 0 Å². The average Bonchev–Trinajstić information content (AvgIpc) is 2.55. The van der Waals surface area contributed by atoms with E-state index in [0.717, 1.165) is 19.3 Å². The highest BCUT2D eigenvalue weighted by molar-refractivity contribution is 7.94. The first kappa shape index (κ1) is 12.1. The largest absolute Gasteiger partial charge is 0.387 e. The highest BCUT2D eigenvalue weighted by Crippen LogP contribution is 2.17. The van der Waals surface area contributed by atoms with Crippen molar-refractivity contribution in [2.45, 2.75) is 0 Å². The lowest BCUT2D eigenvalue weighted by Crippen LogP contribution is -2.47. The van der Waals surface area contributed by atoms with Crippen molar-refractivity contribution in [1.29, 1.82) is 0 Å². The summed E-state index contributed by atoms with van der Waals surface area (Å²) in [6.45, 7) is 2.67. The lowest BCUT2D eigenvalue weighted by Gasteiger charge is -2.32. The molecular formula is C9H14N4O3S. The molecule has 1 amide bonds.